The zero-order valence-corrected chi connectivity index (χ0v) is 16.9. The highest BCUT2D eigenvalue weighted by Crippen LogP contribution is 2.08. The van der Waals surface area contributed by atoms with E-state index in [1.807, 2.05) is 42.0 Å². The molecule has 0 fully saturated rings. The molecule has 24 heavy (non-hydrogen) atoms. The Morgan fingerprint density at radius 2 is 1.38 bits per heavy atom. The summed E-state index contributed by atoms with van der Waals surface area (Å²) in [7, 11) is 7.64. The molecule has 0 aliphatic carbocycles. The fourth-order valence-corrected chi connectivity index (χ4v) is 2.48. The first-order valence-electron chi connectivity index (χ1n) is 9.13. The summed E-state index contributed by atoms with van der Waals surface area (Å²) in [5, 5.41) is 12.5. The number of allylic oxidation sites excluding steroid dienone is 1. The normalized spacial score (nSPS) is 13.0. The highest BCUT2D eigenvalue weighted by molar-refractivity contribution is 6.08. The van der Waals surface area contributed by atoms with Crippen LogP contribution in [0.3, 0.4) is 0 Å². The summed E-state index contributed by atoms with van der Waals surface area (Å²) in [5.41, 5.74) is 1.79. The molecule has 0 aromatic heterocycles. The van der Waals surface area contributed by atoms with Crippen LogP contribution in [0.1, 0.15) is 65.7 Å². The van der Waals surface area contributed by atoms with Gasteiger partial charge in [-0.25, -0.2) is 0 Å². The maximum Gasteiger partial charge on any atom is 0.177 e. The van der Waals surface area contributed by atoms with Gasteiger partial charge in [-0.05, 0) is 32.8 Å². The van der Waals surface area contributed by atoms with Gasteiger partial charge in [0.15, 0.2) is 6.10 Å². The smallest absolute Gasteiger partial charge is 0.177 e. The van der Waals surface area contributed by atoms with Crippen LogP contribution >= 0.6 is 0 Å². The molecule has 0 saturated carbocycles. The molecule has 140 valence electrons. The van der Waals surface area contributed by atoms with Crippen molar-refractivity contribution in [3.05, 3.63) is 12.3 Å². The van der Waals surface area contributed by atoms with Crippen molar-refractivity contribution < 1.29 is 4.74 Å². The number of unbranched alkanes of at least 4 members (excludes halogenated alkanes) is 6. The SMILES string of the molecule is CCCCCCCCC=COC(/C(C)=N/N(C)C)/C(C)=N/N(C)C. The lowest BCUT2D eigenvalue weighted by Crippen LogP contribution is -2.31. The third-order valence-corrected chi connectivity index (χ3v) is 3.51. The van der Waals surface area contributed by atoms with E-state index < -0.39 is 0 Å². The van der Waals surface area contributed by atoms with Crippen LogP contribution in [0.5, 0.6) is 0 Å². The Bertz CT molecular complexity index is 376. The van der Waals surface area contributed by atoms with Crippen LogP contribution < -0.4 is 0 Å². The summed E-state index contributed by atoms with van der Waals surface area (Å²) < 4.78 is 5.92. The number of hydrogen-bond donors (Lipinski definition) is 0. The van der Waals surface area contributed by atoms with Gasteiger partial charge in [0.05, 0.1) is 17.7 Å². The van der Waals surface area contributed by atoms with Crippen LogP contribution in [-0.2, 0) is 4.74 Å². The highest BCUT2D eigenvalue weighted by atomic mass is 16.5. The predicted octanol–water partition coefficient (Wildman–Crippen LogP) is 4.51. The van der Waals surface area contributed by atoms with Gasteiger partial charge in [-0.1, -0.05) is 39.0 Å². The van der Waals surface area contributed by atoms with Crippen LogP contribution in [0, 0.1) is 0 Å². The van der Waals surface area contributed by atoms with Gasteiger partial charge in [0.1, 0.15) is 0 Å². The van der Waals surface area contributed by atoms with Crippen molar-refractivity contribution in [2.24, 2.45) is 10.2 Å². The summed E-state index contributed by atoms with van der Waals surface area (Å²) in [6.07, 6.45) is 12.6. The second-order valence-electron chi connectivity index (χ2n) is 6.62. The average molecular weight is 339 g/mol. The summed E-state index contributed by atoms with van der Waals surface area (Å²) in [5.74, 6) is 0. The number of hydrogen-bond acceptors (Lipinski definition) is 5. The first kappa shape index (κ1) is 22.5. The van der Waals surface area contributed by atoms with Crippen LogP contribution in [0.15, 0.2) is 22.5 Å². The predicted molar refractivity (Wildman–Crippen MR) is 106 cm³/mol. The van der Waals surface area contributed by atoms with Crippen molar-refractivity contribution in [2.45, 2.75) is 71.8 Å². The number of rotatable bonds is 13. The first-order chi connectivity index (χ1) is 11.4. The van der Waals surface area contributed by atoms with E-state index in [1.165, 1.54) is 38.5 Å². The minimum absolute atomic E-state index is 0.226. The van der Waals surface area contributed by atoms with Crippen LogP contribution in [-0.4, -0.2) is 55.7 Å². The zero-order chi connectivity index (χ0) is 18.4. The van der Waals surface area contributed by atoms with E-state index in [9.17, 15) is 0 Å². The van der Waals surface area contributed by atoms with E-state index in [2.05, 4.69) is 23.2 Å². The standard InChI is InChI=1S/C19H38N4O/c1-8-9-10-11-12-13-14-15-16-24-19(17(2)20-22(4)5)18(3)21-23(6)7/h15-16,19H,8-14H2,1-7H3/b16-15?,20-17+,21-18+. The molecule has 0 aromatic rings. The highest BCUT2D eigenvalue weighted by Gasteiger charge is 2.17. The Hall–Kier alpha value is -1.52. The lowest BCUT2D eigenvalue weighted by molar-refractivity contribution is 0.248. The summed E-state index contributed by atoms with van der Waals surface area (Å²) in [6, 6.07) is 0. The molecule has 0 aliphatic heterocycles. The fourth-order valence-electron chi connectivity index (χ4n) is 2.48. The van der Waals surface area contributed by atoms with E-state index in [1.54, 1.807) is 16.3 Å². The summed E-state index contributed by atoms with van der Waals surface area (Å²) >= 11 is 0. The first-order valence-corrected chi connectivity index (χ1v) is 9.13. The topological polar surface area (TPSA) is 40.4 Å². The van der Waals surface area contributed by atoms with Crippen molar-refractivity contribution in [3.63, 3.8) is 0 Å². The Kier molecular flexibility index (Phi) is 13.0. The number of nitrogens with zero attached hydrogens (tertiary/aromatic N) is 4. The Balaban J connectivity index is 4.44. The van der Waals surface area contributed by atoms with E-state index in [0.717, 1.165) is 17.8 Å². The summed E-state index contributed by atoms with van der Waals surface area (Å²) in [4.78, 5) is 0. The molecule has 0 amide bonds. The molecule has 5 heteroatoms. The maximum atomic E-state index is 5.92. The van der Waals surface area contributed by atoms with E-state index >= 15 is 0 Å². The quantitative estimate of drug-likeness (QED) is 0.215. The van der Waals surface area contributed by atoms with E-state index in [4.69, 9.17) is 4.74 Å². The molecule has 0 radical (unpaired) electrons. The lowest BCUT2D eigenvalue weighted by atomic mass is 10.1. The second kappa shape index (κ2) is 13.9. The molecule has 0 bridgehead atoms. The fraction of sp³-hybridized carbons (Fsp3) is 0.789. The largest absolute Gasteiger partial charge is 0.486 e. The molecule has 0 heterocycles. The minimum Gasteiger partial charge on any atom is -0.486 e. The zero-order valence-electron chi connectivity index (χ0n) is 16.9. The summed E-state index contributed by atoms with van der Waals surface area (Å²) in [6.45, 7) is 6.20. The van der Waals surface area contributed by atoms with Crippen molar-refractivity contribution in [3.8, 4) is 0 Å². The van der Waals surface area contributed by atoms with Gasteiger partial charge < -0.3 is 14.8 Å². The molecule has 0 N–H and O–H groups in total. The van der Waals surface area contributed by atoms with Gasteiger partial charge in [-0.3, -0.25) is 0 Å². The lowest BCUT2D eigenvalue weighted by Gasteiger charge is -2.19. The molecule has 0 atom stereocenters. The van der Waals surface area contributed by atoms with Crippen LogP contribution in [0.4, 0.5) is 0 Å². The second-order valence-corrected chi connectivity index (χ2v) is 6.62. The minimum atomic E-state index is -0.226. The van der Waals surface area contributed by atoms with Crippen LogP contribution in [0.2, 0.25) is 0 Å². The van der Waals surface area contributed by atoms with Crippen molar-refractivity contribution in [2.75, 3.05) is 28.2 Å². The number of hydrazone groups is 2. The average Bonchev–Trinajstić information content (AvgIpc) is 2.47. The van der Waals surface area contributed by atoms with Gasteiger partial charge >= 0.3 is 0 Å². The maximum absolute atomic E-state index is 5.92. The van der Waals surface area contributed by atoms with Gasteiger partial charge in [-0.15, -0.1) is 0 Å². The molecule has 0 unspecified atom stereocenters. The molecular formula is C19H38N4O. The van der Waals surface area contributed by atoms with Crippen molar-refractivity contribution >= 4 is 11.4 Å². The van der Waals surface area contributed by atoms with Crippen LogP contribution in [0.25, 0.3) is 0 Å². The molecule has 0 rings (SSSR count). The third kappa shape index (κ3) is 12.0. The number of ether oxygens (including phenoxy) is 1. The Morgan fingerprint density at radius 3 is 1.88 bits per heavy atom. The molecule has 0 saturated heterocycles. The van der Waals surface area contributed by atoms with Gasteiger partial charge in [0.2, 0.25) is 0 Å². The molecule has 0 aliphatic rings. The molecule has 5 nitrogen and oxygen atoms in total. The molecule has 0 aromatic carbocycles. The van der Waals surface area contributed by atoms with E-state index in [-0.39, 0.29) is 6.10 Å². The molecule has 0 spiro atoms. The Morgan fingerprint density at radius 1 is 0.875 bits per heavy atom. The van der Waals surface area contributed by atoms with Crippen molar-refractivity contribution in [1.82, 2.24) is 10.0 Å². The molecular weight excluding hydrogens is 300 g/mol. The van der Waals surface area contributed by atoms with Gasteiger partial charge in [0.25, 0.3) is 0 Å². The van der Waals surface area contributed by atoms with E-state index in [0.29, 0.717) is 0 Å². The van der Waals surface area contributed by atoms with Gasteiger partial charge in [-0.2, -0.15) is 10.2 Å². The monoisotopic (exact) mass is 338 g/mol. The third-order valence-electron chi connectivity index (χ3n) is 3.51. The van der Waals surface area contributed by atoms with Gasteiger partial charge in [0, 0.05) is 28.2 Å². The Labute approximate surface area is 149 Å². The van der Waals surface area contributed by atoms with Crippen molar-refractivity contribution in [1.29, 1.82) is 0 Å².